The summed E-state index contributed by atoms with van der Waals surface area (Å²) in [7, 11) is 3.99. The number of pyridine rings is 1. The largest absolute Gasteiger partial charge is 0.507 e. The predicted molar refractivity (Wildman–Crippen MR) is 119 cm³/mol. The number of aromatic nitrogens is 3. The van der Waals surface area contributed by atoms with Crippen molar-refractivity contribution in [2.24, 2.45) is 0 Å². The fourth-order valence-electron chi connectivity index (χ4n) is 3.78. The highest BCUT2D eigenvalue weighted by atomic mass is 16.5. The van der Waals surface area contributed by atoms with E-state index in [1.54, 1.807) is 19.4 Å². The van der Waals surface area contributed by atoms with E-state index in [4.69, 9.17) is 14.2 Å². The fraction of sp³-hybridized carbons (Fsp3) is 0.348. The number of imidazole rings is 1. The van der Waals surface area contributed by atoms with E-state index < -0.39 is 17.4 Å². The van der Waals surface area contributed by atoms with Crippen molar-refractivity contribution >= 4 is 5.97 Å². The molecule has 0 aliphatic carbocycles. The summed E-state index contributed by atoms with van der Waals surface area (Å²) in [5.74, 6) is -1.71. The number of carbonyl (C=O) groups is 1. The molecule has 3 N–H and O–H groups in total. The second kappa shape index (κ2) is 10.1. The monoisotopic (exact) mass is 457 g/mol. The second-order valence-electron chi connectivity index (χ2n) is 7.48. The number of phenolic OH excluding ortho intramolecular Hbond substituents is 1. The lowest BCUT2D eigenvalue weighted by atomic mass is 9.87. The molecule has 0 aliphatic rings. The van der Waals surface area contributed by atoms with E-state index in [1.165, 1.54) is 44.1 Å². The van der Waals surface area contributed by atoms with Crippen molar-refractivity contribution in [3.8, 4) is 23.0 Å². The Morgan fingerprint density at radius 2 is 1.82 bits per heavy atom. The van der Waals surface area contributed by atoms with Gasteiger partial charge in [-0.25, -0.2) is 4.98 Å². The van der Waals surface area contributed by atoms with Crippen molar-refractivity contribution in [1.29, 1.82) is 0 Å². The summed E-state index contributed by atoms with van der Waals surface area (Å²) < 4.78 is 16.8. The van der Waals surface area contributed by atoms with Crippen LogP contribution in [0.3, 0.4) is 0 Å². The second-order valence-corrected chi connectivity index (χ2v) is 7.48. The van der Waals surface area contributed by atoms with Gasteiger partial charge >= 0.3 is 5.97 Å². The molecule has 176 valence electrons. The van der Waals surface area contributed by atoms with E-state index >= 15 is 0 Å². The van der Waals surface area contributed by atoms with Crippen molar-refractivity contribution in [1.82, 2.24) is 14.5 Å². The minimum Gasteiger partial charge on any atom is -0.507 e. The number of nitrogens with zero attached hydrogens (tertiary/aromatic N) is 2. The van der Waals surface area contributed by atoms with Crippen molar-refractivity contribution in [2.45, 2.75) is 32.2 Å². The zero-order valence-electron chi connectivity index (χ0n) is 18.9. The topological polar surface area (TPSA) is 136 Å². The van der Waals surface area contributed by atoms with Gasteiger partial charge in [-0.05, 0) is 30.7 Å². The third-order valence-corrected chi connectivity index (χ3v) is 5.53. The van der Waals surface area contributed by atoms with Crippen LogP contribution in [0.4, 0.5) is 0 Å². The van der Waals surface area contributed by atoms with Crippen molar-refractivity contribution in [3.63, 3.8) is 0 Å². The molecule has 1 unspecified atom stereocenters. The highest BCUT2D eigenvalue weighted by Gasteiger charge is 2.28. The number of methoxy groups -OCH3 is 3. The van der Waals surface area contributed by atoms with Crippen LogP contribution < -0.4 is 15.0 Å². The number of hydrogen-bond acceptors (Lipinski definition) is 8. The number of ether oxygens (including phenoxy) is 3. The molecule has 2 heterocycles. The van der Waals surface area contributed by atoms with Gasteiger partial charge in [0, 0.05) is 36.5 Å². The summed E-state index contributed by atoms with van der Waals surface area (Å²) in [6, 6.07) is 4.49. The van der Waals surface area contributed by atoms with Crippen LogP contribution in [-0.4, -0.2) is 52.0 Å². The van der Waals surface area contributed by atoms with Crippen LogP contribution in [0.25, 0.3) is 0 Å². The number of carbonyl (C=O) groups excluding carboxylic acids is 1. The fourth-order valence-corrected chi connectivity index (χ4v) is 3.78. The molecule has 0 fully saturated rings. The molecule has 33 heavy (non-hydrogen) atoms. The zero-order chi connectivity index (χ0) is 24.1. The van der Waals surface area contributed by atoms with Gasteiger partial charge in [0.05, 0.1) is 39.6 Å². The first kappa shape index (κ1) is 23.7. The molecule has 0 spiro atoms. The van der Waals surface area contributed by atoms with Crippen molar-refractivity contribution in [2.75, 3.05) is 21.3 Å². The van der Waals surface area contributed by atoms with Crippen LogP contribution in [0, 0.1) is 6.92 Å². The van der Waals surface area contributed by atoms with Crippen LogP contribution in [-0.2, 0) is 22.5 Å². The number of aromatic hydroxyl groups is 2. The molecule has 0 aliphatic heterocycles. The standard InChI is InChI=1S/C23H27N3O7/c1-13-7-17(27)21(23(30)26(13)6-5-15-11-24-12-25-15)16(10-20(28)33-4)14-8-18(31-2)22(29)19(9-14)32-3/h7-9,11-12,16,27,29H,5-6,10H2,1-4H3,(H,24,25). The van der Waals surface area contributed by atoms with E-state index in [0.29, 0.717) is 24.2 Å². The van der Waals surface area contributed by atoms with E-state index in [2.05, 4.69) is 9.97 Å². The Labute approximate surface area is 190 Å². The van der Waals surface area contributed by atoms with Crippen LogP contribution in [0.1, 0.15) is 34.9 Å². The van der Waals surface area contributed by atoms with Gasteiger partial charge < -0.3 is 34.0 Å². The van der Waals surface area contributed by atoms with E-state index in [-0.39, 0.29) is 35.0 Å². The predicted octanol–water partition coefficient (Wildman–Crippen LogP) is 2.25. The average molecular weight is 457 g/mol. The van der Waals surface area contributed by atoms with E-state index in [0.717, 1.165) is 5.69 Å². The van der Waals surface area contributed by atoms with E-state index in [1.807, 2.05) is 0 Å². The lowest BCUT2D eigenvalue weighted by Gasteiger charge is -2.22. The van der Waals surface area contributed by atoms with Gasteiger partial charge in [0.15, 0.2) is 11.5 Å². The normalized spacial score (nSPS) is 11.8. The molecule has 2 aromatic heterocycles. The van der Waals surface area contributed by atoms with Crippen LogP contribution in [0.15, 0.2) is 35.5 Å². The molecule has 0 amide bonds. The van der Waals surface area contributed by atoms with Crippen molar-refractivity contribution < 1.29 is 29.2 Å². The lowest BCUT2D eigenvalue weighted by molar-refractivity contribution is -0.140. The first-order valence-corrected chi connectivity index (χ1v) is 10.2. The third kappa shape index (κ3) is 4.94. The molecule has 10 nitrogen and oxygen atoms in total. The number of rotatable bonds is 9. The molecule has 1 aromatic carbocycles. The Morgan fingerprint density at radius 3 is 2.36 bits per heavy atom. The number of nitrogens with one attached hydrogen (secondary N) is 1. The molecule has 3 rings (SSSR count). The van der Waals surface area contributed by atoms with Crippen LogP contribution in [0.2, 0.25) is 0 Å². The SMILES string of the molecule is COC(=O)CC(c1cc(OC)c(O)c(OC)c1)c1c(O)cc(C)n(CCc2cnc[nH]2)c1=O. The number of phenols is 1. The molecule has 0 bridgehead atoms. The van der Waals surface area contributed by atoms with Gasteiger partial charge in [0.25, 0.3) is 5.56 Å². The number of aromatic amines is 1. The van der Waals surface area contributed by atoms with Gasteiger partial charge in [0.2, 0.25) is 5.75 Å². The zero-order valence-corrected chi connectivity index (χ0v) is 18.9. The maximum Gasteiger partial charge on any atom is 0.306 e. The Morgan fingerprint density at radius 1 is 1.15 bits per heavy atom. The quantitative estimate of drug-likeness (QED) is 0.416. The van der Waals surface area contributed by atoms with Gasteiger partial charge in [-0.1, -0.05) is 0 Å². The first-order valence-electron chi connectivity index (χ1n) is 10.2. The molecular weight excluding hydrogens is 430 g/mol. The number of aryl methyl sites for hydroxylation is 2. The minimum absolute atomic E-state index is 0.0328. The van der Waals surface area contributed by atoms with Crippen molar-refractivity contribution in [3.05, 3.63) is 63.6 Å². The van der Waals surface area contributed by atoms with Gasteiger partial charge in [-0.2, -0.15) is 0 Å². The molecule has 0 saturated carbocycles. The Hall–Kier alpha value is -3.95. The summed E-state index contributed by atoms with van der Waals surface area (Å²) in [6.07, 6.45) is 3.54. The van der Waals surface area contributed by atoms with Crippen LogP contribution in [0.5, 0.6) is 23.0 Å². The first-order chi connectivity index (χ1) is 15.8. The van der Waals surface area contributed by atoms with Gasteiger partial charge in [-0.3, -0.25) is 9.59 Å². The molecular formula is C23H27N3O7. The lowest BCUT2D eigenvalue weighted by Crippen LogP contribution is -2.29. The highest BCUT2D eigenvalue weighted by Crippen LogP contribution is 2.42. The summed E-state index contributed by atoms with van der Waals surface area (Å²) in [5.41, 5.74) is 1.45. The van der Waals surface area contributed by atoms with Gasteiger partial charge in [0.1, 0.15) is 5.75 Å². The maximum atomic E-state index is 13.5. The Bertz CT molecular complexity index is 1160. The number of hydrogen-bond donors (Lipinski definition) is 3. The van der Waals surface area contributed by atoms with E-state index in [9.17, 15) is 19.8 Å². The number of benzene rings is 1. The summed E-state index contributed by atoms with van der Waals surface area (Å²) in [4.78, 5) is 32.8. The molecule has 3 aromatic rings. The van der Waals surface area contributed by atoms with Crippen LogP contribution >= 0.6 is 0 Å². The maximum absolute atomic E-state index is 13.5. The average Bonchev–Trinajstić information content (AvgIpc) is 3.31. The summed E-state index contributed by atoms with van der Waals surface area (Å²) in [6.45, 7) is 2.06. The molecule has 1 atom stereocenters. The third-order valence-electron chi connectivity index (χ3n) is 5.53. The molecule has 0 radical (unpaired) electrons. The minimum atomic E-state index is -0.882. The number of H-pyrrole nitrogens is 1. The Kier molecular flexibility index (Phi) is 7.27. The molecule has 10 heteroatoms. The highest BCUT2D eigenvalue weighted by molar-refractivity contribution is 5.72. The smallest absolute Gasteiger partial charge is 0.306 e. The molecule has 0 saturated heterocycles. The van der Waals surface area contributed by atoms with Gasteiger partial charge in [-0.15, -0.1) is 0 Å². The summed E-state index contributed by atoms with van der Waals surface area (Å²) in [5, 5.41) is 21.1. The number of esters is 1. The Balaban J connectivity index is 2.16. The summed E-state index contributed by atoms with van der Waals surface area (Å²) >= 11 is 0.